The lowest BCUT2D eigenvalue weighted by molar-refractivity contribution is 0.414. The summed E-state index contributed by atoms with van der Waals surface area (Å²) in [6.45, 7) is 0.628. The predicted molar refractivity (Wildman–Crippen MR) is 107 cm³/mol. The molecule has 0 radical (unpaired) electrons. The Hall–Kier alpha value is -3.67. The van der Waals surface area contributed by atoms with E-state index < -0.39 is 0 Å². The molecule has 138 valence electrons. The van der Waals surface area contributed by atoms with Gasteiger partial charge in [0.25, 0.3) is 0 Å². The third-order valence-electron chi connectivity index (χ3n) is 4.94. The van der Waals surface area contributed by atoms with Crippen LogP contribution in [0.3, 0.4) is 0 Å². The summed E-state index contributed by atoms with van der Waals surface area (Å²) in [7, 11) is 1.63. The first-order chi connectivity index (χ1) is 13.7. The zero-order chi connectivity index (χ0) is 19.1. The van der Waals surface area contributed by atoms with Gasteiger partial charge in [-0.05, 0) is 41.5 Å². The molecule has 6 heteroatoms. The molecule has 0 unspecified atom stereocenters. The molecule has 0 fully saturated rings. The van der Waals surface area contributed by atoms with E-state index in [0.717, 1.165) is 44.5 Å². The molecular weight excluding hydrogens is 355 g/mol. The minimum absolute atomic E-state index is 0.232. The van der Waals surface area contributed by atoms with Gasteiger partial charge < -0.3 is 14.3 Å². The number of nitrogens with one attached hydrogen (secondary N) is 1. The van der Waals surface area contributed by atoms with Crippen LogP contribution >= 0.6 is 0 Å². The highest BCUT2D eigenvalue weighted by Crippen LogP contribution is 2.31. The predicted octanol–water partition coefficient (Wildman–Crippen LogP) is 4.78. The van der Waals surface area contributed by atoms with Crippen LogP contribution in [0.25, 0.3) is 33.2 Å². The molecular formula is C22H17FN4O. The van der Waals surface area contributed by atoms with E-state index in [1.54, 1.807) is 25.4 Å². The first-order valence-corrected chi connectivity index (χ1v) is 8.92. The zero-order valence-electron chi connectivity index (χ0n) is 15.2. The number of pyridine rings is 1. The van der Waals surface area contributed by atoms with E-state index in [2.05, 4.69) is 31.7 Å². The molecule has 0 aliphatic heterocycles. The normalized spacial score (nSPS) is 11.4. The number of fused-ring (bicyclic) bond motifs is 2. The van der Waals surface area contributed by atoms with Gasteiger partial charge in [0, 0.05) is 23.7 Å². The first-order valence-electron chi connectivity index (χ1n) is 8.92. The molecule has 2 aromatic carbocycles. The van der Waals surface area contributed by atoms with Crippen molar-refractivity contribution in [1.29, 1.82) is 0 Å². The number of hydrogen-bond donors (Lipinski definition) is 1. The van der Waals surface area contributed by atoms with Gasteiger partial charge in [-0.3, -0.25) is 0 Å². The SMILES string of the molecule is COc1cnc2[nH]cc(-c3ccc4ncn(Cc5ccc(F)cc5)c4c3)c2c1. The Balaban J connectivity index is 1.59. The van der Waals surface area contributed by atoms with Crippen molar-refractivity contribution in [2.24, 2.45) is 0 Å². The van der Waals surface area contributed by atoms with Crippen LogP contribution in [0.2, 0.25) is 0 Å². The van der Waals surface area contributed by atoms with Crippen LogP contribution in [-0.2, 0) is 6.54 Å². The highest BCUT2D eigenvalue weighted by atomic mass is 19.1. The molecule has 3 heterocycles. The second kappa shape index (κ2) is 6.49. The fraction of sp³-hybridized carbons (Fsp3) is 0.0909. The molecule has 0 bridgehead atoms. The maximum Gasteiger partial charge on any atom is 0.138 e. The van der Waals surface area contributed by atoms with Crippen molar-refractivity contribution in [3.05, 3.63) is 78.6 Å². The van der Waals surface area contributed by atoms with Crippen LogP contribution in [0.1, 0.15) is 5.56 Å². The molecule has 0 saturated carbocycles. The van der Waals surface area contributed by atoms with Gasteiger partial charge in [0.15, 0.2) is 0 Å². The van der Waals surface area contributed by atoms with E-state index in [1.165, 1.54) is 12.1 Å². The Morgan fingerprint density at radius 2 is 1.93 bits per heavy atom. The topological polar surface area (TPSA) is 55.7 Å². The largest absolute Gasteiger partial charge is 0.495 e. The second-order valence-electron chi connectivity index (χ2n) is 6.68. The summed E-state index contributed by atoms with van der Waals surface area (Å²) in [6, 6.07) is 14.7. The van der Waals surface area contributed by atoms with E-state index in [1.807, 2.05) is 24.7 Å². The number of halogens is 1. The van der Waals surface area contributed by atoms with Gasteiger partial charge in [0.05, 0.1) is 30.7 Å². The molecule has 5 rings (SSSR count). The van der Waals surface area contributed by atoms with E-state index in [0.29, 0.717) is 6.54 Å². The van der Waals surface area contributed by atoms with Gasteiger partial charge in [-0.2, -0.15) is 0 Å². The van der Waals surface area contributed by atoms with Crippen molar-refractivity contribution in [3.63, 3.8) is 0 Å². The van der Waals surface area contributed by atoms with Crippen LogP contribution in [0.4, 0.5) is 4.39 Å². The van der Waals surface area contributed by atoms with Gasteiger partial charge in [-0.1, -0.05) is 18.2 Å². The molecule has 0 atom stereocenters. The van der Waals surface area contributed by atoms with Gasteiger partial charge in [-0.15, -0.1) is 0 Å². The van der Waals surface area contributed by atoms with E-state index in [4.69, 9.17) is 4.74 Å². The monoisotopic (exact) mass is 372 g/mol. The number of aromatic amines is 1. The molecule has 0 saturated heterocycles. The summed E-state index contributed by atoms with van der Waals surface area (Å²) < 4.78 is 20.6. The number of aromatic nitrogens is 4. The van der Waals surface area contributed by atoms with Gasteiger partial charge in [0.2, 0.25) is 0 Å². The quantitative estimate of drug-likeness (QED) is 0.494. The Morgan fingerprint density at radius 3 is 2.75 bits per heavy atom. The zero-order valence-corrected chi connectivity index (χ0v) is 15.2. The van der Waals surface area contributed by atoms with Gasteiger partial charge in [0.1, 0.15) is 17.2 Å². The Bertz CT molecular complexity index is 1290. The molecule has 0 spiro atoms. The summed E-state index contributed by atoms with van der Waals surface area (Å²) in [4.78, 5) is 12.1. The van der Waals surface area contributed by atoms with Crippen molar-refractivity contribution in [1.82, 2.24) is 19.5 Å². The molecule has 5 nitrogen and oxygen atoms in total. The van der Waals surface area contributed by atoms with Crippen molar-refractivity contribution < 1.29 is 9.13 Å². The second-order valence-corrected chi connectivity index (χ2v) is 6.68. The number of nitrogens with zero attached hydrogens (tertiary/aromatic N) is 3. The van der Waals surface area contributed by atoms with Crippen molar-refractivity contribution in [2.45, 2.75) is 6.54 Å². The summed E-state index contributed by atoms with van der Waals surface area (Å²) in [6.07, 6.45) is 5.47. The summed E-state index contributed by atoms with van der Waals surface area (Å²) in [5, 5.41) is 1.00. The Kier molecular flexibility index (Phi) is 3.83. The van der Waals surface area contributed by atoms with Crippen molar-refractivity contribution >= 4 is 22.1 Å². The van der Waals surface area contributed by atoms with E-state index in [9.17, 15) is 4.39 Å². The molecule has 1 N–H and O–H groups in total. The maximum absolute atomic E-state index is 13.2. The minimum atomic E-state index is -0.232. The maximum atomic E-state index is 13.2. The van der Waals surface area contributed by atoms with Crippen molar-refractivity contribution in [3.8, 4) is 16.9 Å². The molecule has 0 aliphatic rings. The lowest BCUT2D eigenvalue weighted by Gasteiger charge is -2.07. The van der Waals surface area contributed by atoms with Crippen LogP contribution in [0.15, 0.2) is 67.3 Å². The Labute approximate surface area is 160 Å². The number of H-pyrrole nitrogens is 1. The molecule has 0 amide bonds. The van der Waals surface area contributed by atoms with Crippen LogP contribution in [-0.4, -0.2) is 26.6 Å². The van der Waals surface area contributed by atoms with Gasteiger partial charge >= 0.3 is 0 Å². The average molecular weight is 372 g/mol. The number of rotatable bonds is 4. The third kappa shape index (κ3) is 2.79. The van der Waals surface area contributed by atoms with E-state index >= 15 is 0 Å². The Morgan fingerprint density at radius 1 is 1.07 bits per heavy atom. The summed E-state index contributed by atoms with van der Waals surface area (Å²) in [5.74, 6) is 0.487. The number of imidazole rings is 1. The summed E-state index contributed by atoms with van der Waals surface area (Å²) >= 11 is 0. The van der Waals surface area contributed by atoms with Gasteiger partial charge in [-0.25, -0.2) is 14.4 Å². The van der Waals surface area contributed by atoms with Crippen LogP contribution < -0.4 is 4.74 Å². The lowest BCUT2D eigenvalue weighted by Crippen LogP contribution is -1.98. The van der Waals surface area contributed by atoms with E-state index in [-0.39, 0.29) is 5.82 Å². The number of methoxy groups -OCH3 is 1. The molecule has 0 aliphatic carbocycles. The summed E-state index contributed by atoms with van der Waals surface area (Å²) in [5.41, 5.74) is 5.89. The highest BCUT2D eigenvalue weighted by Gasteiger charge is 2.11. The minimum Gasteiger partial charge on any atom is -0.495 e. The number of hydrogen-bond acceptors (Lipinski definition) is 3. The third-order valence-corrected chi connectivity index (χ3v) is 4.94. The first kappa shape index (κ1) is 16.5. The molecule has 28 heavy (non-hydrogen) atoms. The highest BCUT2D eigenvalue weighted by molar-refractivity contribution is 5.96. The van der Waals surface area contributed by atoms with Crippen LogP contribution in [0.5, 0.6) is 5.75 Å². The fourth-order valence-corrected chi connectivity index (χ4v) is 3.47. The smallest absolute Gasteiger partial charge is 0.138 e. The standard InChI is InChI=1S/C22H17FN4O/c1-28-17-9-18-19(11-25-22(18)24-10-17)15-4-7-20-21(8-15)27(13-26-20)12-14-2-5-16(23)6-3-14/h2-11,13H,12H2,1H3,(H,24,25). The molecule has 5 aromatic rings. The number of ether oxygens (including phenoxy) is 1. The fourth-order valence-electron chi connectivity index (χ4n) is 3.47. The average Bonchev–Trinajstić information content (AvgIpc) is 3.33. The number of benzene rings is 2. The van der Waals surface area contributed by atoms with Crippen molar-refractivity contribution in [2.75, 3.05) is 7.11 Å². The lowest BCUT2D eigenvalue weighted by atomic mass is 10.1. The van der Waals surface area contributed by atoms with Crippen LogP contribution in [0, 0.1) is 5.82 Å². The molecule has 3 aromatic heterocycles.